The van der Waals surface area contributed by atoms with Crippen molar-refractivity contribution in [3.8, 4) is 11.5 Å². The summed E-state index contributed by atoms with van der Waals surface area (Å²) < 4.78 is 11.8. The Labute approximate surface area is 124 Å². The van der Waals surface area contributed by atoms with E-state index in [1.165, 1.54) is 0 Å². The molecule has 0 fully saturated rings. The first kappa shape index (κ1) is 16.3. The van der Waals surface area contributed by atoms with E-state index in [9.17, 15) is 0 Å². The van der Waals surface area contributed by atoms with Crippen molar-refractivity contribution in [1.82, 2.24) is 5.32 Å². The van der Waals surface area contributed by atoms with Crippen molar-refractivity contribution < 1.29 is 9.47 Å². The second kappa shape index (κ2) is 7.75. The van der Waals surface area contributed by atoms with Gasteiger partial charge in [0.15, 0.2) is 0 Å². The zero-order valence-electron chi connectivity index (χ0n) is 12.4. The minimum Gasteiger partial charge on any atom is -0.496 e. The predicted octanol–water partition coefficient (Wildman–Crippen LogP) is 4.16. The van der Waals surface area contributed by atoms with E-state index in [4.69, 9.17) is 9.47 Å². The highest BCUT2D eigenvalue weighted by Crippen LogP contribution is 2.37. The van der Waals surface area contributed by atoms with Gasteiger partial charge in [-0.15, -0.1) is 0 Å². The Balaban J connectivity index is 3.18. The summed E-state index contributed by atoms with van der Waals surface area (Å²) in [6, 6.07) is 4.30. The Morgan fingerprint density at radius 2 is 1.79 bits per heavy atom. The van der Waals surface area contributed by atoms with Gasteiger partial charge in [0.25, 0.3) is 0 Å². The Hall–Kier alpha value is -0.740. The summed E-state index contributed by atoms with van der Waals surface area (Å²) in [5.74, 6) is 2.34. The fourth-order valence-corrected chi connectivity index (χ4v) is 2.68. The third-order valence-corrected chi connectivity index (χ3v) is 3.66. The molecule has 1 unspecified atom stereocenters. The summed E-state index contributed by atoms with van der Waals surface area (Å²) >= 11 is 3.50. The van der Waals surface area contributed by atoms with Crippen molar-refractivity contribution in [3.05, 3.63) is 22.2 Å². The van der Waals surface area contributed by atoms with E-state index in [1.54, 1.807) is 14.2 Å². The van der Waals surface area contributed by atoms with Crippen LogP contribution in [0.15, 0.2) is 16.6 Å². The van der Waals surface area contributed by atoms with Gasteiger partial charge < -0.3 is 14.8 Å². The Kier molecular flexibility index (Phi) is 6.66. The average molecular weight is 330 g/mol. The van der Waals surface area contributed by atoms with E-state index >= 15 is 0 Å². The van der Waals surface area contributed by atoms with Crippen molar-refractivity contribution in [3.63, 3.8) is 0 Å². The lowest BCUT2D eigenvalue weighted by Crippen LogP contribution is -2.23. The molecule has 0 aliphatic carbocycles. The molecule has 1 rings (SSSR count). The summed E-state index contributed by atoms with van der Waals surface area (Å²) in [4.78, 5) is 0. The summed E-state index contributed by atoms with van der Waals surface area (Å²) in [5.41, 5.74) is 1.15. The minimum atomic E-state index is 0.280. The van der Waals surface area contributed by atoms with Gasteiger partial charge in [0.05, 0.1) is 18.7 Å². The SMILES string of the molecule is CCNC(CC(C)C)c1cc(OC)c(Br)cc1OC. The van der Waals surface area contributed by atoms with Crippen molar-refractivity contribution in [2.24, 2.45) is 5.92 Å². The quantitative estimate of drug-likeness (QED) is 0.814. The number of halogens is 1. The molecular weight excluding hydrogens is 306 g/mol. The topological polar surface area (TPSA) is 30.5 Å². The standard InChI is InChI=1S/C15H24BrNO2/c1-6-17-13(7-10(2)3)11-8-15(19-5)12(16)9-14(11)18-4/h8-10,13,17H,6-7H2,1-5H3. The molecule has 0 heterocycles. The maximum atomic E-state index is 5.51. The zero-order chi connectivity index (χ0) is 14.4. The van der Waals surface area contributed by atoms with Crippen LogP contribution in [0.3, 0.4) is 0 Å². The van der Waals surface area contributed by atoms with Crippen LogP contribution < -0.4 is 14.8 Å². The van der Waals surface area contributed by atoms with E-state index in [1.807, 2.05) is 6.07 Å². The van der Waals surface area contributed by atoms with Crippen molar-refractivity contribution >= 4 is 15.9 Å². The fraction of sp³-hybridized carbons (Fsp3) is 0.600. The number of methoxy groups -OCH3 is 2. The number of hydrogen-bond acceptors (Lipinski definition) is 3. The highest BCUT2D eigenvalue weighted by atomic mass is 79.9. The number of hydrogen-bond donors (Lipinski definition) is 1. The van der Waals surface area contributed by atoms with Gasteiger partial charge in [-0.25, -0.2) is 0 Å². The van der Waals surface area contributed by atoms with Gasteiger partial charge in [-0.2, -0.15) is 0 Å². The van der Waals surface area contributed by atoms with Gasteiger partial charge >= 0.3 is 0 Å². The maximum absolute atomic E-state index is 5.51. The second-order valence-corrected chi connectivity index (χ2v) is 5.82. The molecule has 0 aliphatic heterocycles. The summed E-state index contributed by atoms with van der Waals surface area (Å²) in [7, 11) is 3.39. The van der Waals surface area contributed by atoms with Gasteiger partial charge in [-0.1, -0.05) is 20.8 Å². The van der Waals surface area contributed by atoms with Crippen molar-refractivity contribution in [2.45, 2.75) is 33.2 Å². The van der Waals surface area contributed by atoms with Crippen LogP contribution in [0.4, 0.5) is 0 Å². The molecule has 0 saturated heterocycles. The highest BCUT2D eigenvalue weighted by molar-refractivity contribution is 9.10. The second-order valence-electron chi connectivity index (χ2n) is 4.97. The lowest BCUT2D eigenvalue weighted by atomic mass is 9.96. The highest BCUT2D eigenvalue weighted by Gasteiger charge is 2.19. The van der Waals surface area contributed by atoms with E-state index in [-0.39, 0.29) is 6.04 Å². The number of ether oxygens (including phenoxy) is 2. The molecule has 1 aromatic rings. The maximum Gasteiger partial charge on any atom is 0.133 e. The smallest absolute Gasteiger partial charge is 0.133 e. The molecule has 0 amide bonds. The molecule has 0 aliphatic rings. The molecule has 0 bridgehead atoms. The van der Waals surface area contributed by atoms with Gasteiger partial charge in [-0.3, -0.25) is 0 Å². The van der Waals surface area contributed by atoms with Crippen LogP contribution in [-0.4, -0.2) is 20.8 Å². The van der Waals surface area contributed by atoms with Crippen LogP contribution in [0, 0.1) is 5.92 Å². The van der Waals surface area contributed by atoms with Gasteiger partial charge in [0, 0.05) is 11.6 Å². The minimum absolute atomic E-state index is 0.280. The molecule has 0 spiro atoms. The first-order chi connectivity index (χ1) is 9.03. The summed E-state index contributed by atoms with van der Waals surface area (Å²) in [6.45, 7) is 7.51. The van der Waals surface area contributed by atoms with Crippen LogP contribution >= 0.6 is 15.9 Å². The van der Waals surface area contributed by atoms with E-state index in [2.05, 4.69) is 48.1 Å². The monoisotopic (exact) mass is 329 g/mol. The van der Waals surface area contributed by atoms with Crippen molar-refractivity contribution in [2.75, 3.05) is 20.8 Å². The molecule has 1 aromatic carbocycles. The number of rotatable bonds is 7. The Morgan fingerprint density at radius 3 is 2.26 bits per heavy atom. The Morgan fingerprint density at radius 1 is 1.16 bits per heavy atom. The predicted molar refractivity (Wildman–Crippen MR) is 83.1 cm³/mol. The first-order valence-corrected chi connectivity index (χ1v) is 7.47. The third-order valence-electron chi connectivity index (χ3n) is 3.04. The van der Waals surface area contributed by atoms with Gasteiger partial charge in [0.2, 0.25) is 0 Å². The molecule has 0 saturated carbocycles. The summed E-state index contributed by atoms with van der Waals surface area (Å²) in [5, 5.41) is 3.52. The molecule has 3 nitrogen and oxygen atoms in total. The molecule has 0 aromatic heterocycles. The molecular formula is C15H24BrNO2. The van der Waals surface area contributed by atoms with E-state index in [0.29, 0.717) is 5.92 Å². The lowest BCUT2D eigenvalue weighted by molar-refractivity contribution is 0.375. The van der Waals surface area contributed by atoms with Crippen LogP contribution in [-0.2, 0) is 0 Å². The normalized spacial score (nSPS) is 12.6. The molecule has 1 N–H and O–H groups in total. The lowest BCUT2D eigenvalue weighted by Gasteiger charge is -2.23. The fourth-order valence-electron chi connectivity index (χ4n) is 2.19. The van der Waals surface area contributed by atoms with Crippen molar-refractivity contribution in [1.29, 1.82) is 0 Å². The molecule has 19 heavy (non-hydrogen) atoms. The number of benzene rings is 1. The van der Waals surface area contributed by atoms with Crippen LogP contribution in [0.2, 0.25) is 0 Å². The molecule has 4 heteroatoms. The average Bonchev–Trinajstić information content (AvgIpc) is 2.37. The van der Waals surface area contributed by atoms with Crippen LogP contribution in [0.5, 0.6) is 11.5 Å². The molecule has 0 radical (unpaired) electrons. The van der Waals surface area contributed by atoms with Crippen LogP contribution in [0.1, 0.15) is 38.8 Å². The molecule has 1 atom stereocenters. The zero-order valence-corrected chi connectivity index (χ0v) is 14.0. The first-order valence-electron chi connectivity index (χ1n) is 6.68. The Bertz CT molecular complexity index is 407. The summed E-state index contributed by atoms with van der Waals surface area (Å²) in [6.07, 6.45) is 1.06. The molecule has 108 valence electrons. The van der Waals surface area contributed by atoms with Gasteiger partial charge in [-0.05, 0) is 46.9 Å². The van der Waals surface area contributed by atoms with E-state index in [0.717, 1.165) is 34.5 Å². The largest absolute Gasteiger partial charge is 0.496 e. The van der Waals surface area contributed by atoms with E-state index < -0.39 is 0 Å². The van der Waals surface area contributed by atoms with Crippen LogP contribution in [0.25, 0.3) is 0 Å². The third kappa shape index (κ3) is 4.39. The van der Waals surface area contributed by atoms with Gasteiger partial charge in [0.1, 0.15) is 11.5 Å². The number of nitrogens with one attached hydrogen (secondary N) is 1.